The molecule has 1 aromatic heterocycles. The summed E-state index contributed by atoms with van der Waals surface area (Å²) in [5.74, 6) is 0.492. The largest absolute Gasteiger partial charge is 0.351 e. The molecule has 1 heterocycles. The van der Waals surface area contributed by atoms with Crippen LogP contribution in [0.5, 0.6) is 0 Å². The van der Waals surface area contributed by atoms with Crippen LogP contribution < -0.4 is 16.6 Å². The minimum Gasteiger partial charge on any atom is -0.351 e. The molecule has 2 unspecified atom stereocenters. The van der Waals surface area contributed by atoms with Crippen molar-refractivity contribution in [1.29, 1.82) is 0 Å². The fraction of sp³-hybridized carbons (Fsp3) is 0.625. The fourth-order valence-electron chi connectivity index (χ4n) is 4.16. The van der Waals surface area contributed by atoms with E-state index in [1.165, 1.54) is 6.42 Å². The average molecular weight is 334 g/mol. The van der Waals surface area contributed by atoms with Gasteiger partial charge in [-0.3, -0.25) is 24.3 Å². The molecule has 8 heteroatoms. The second-order valence-corrected chi connectivity index (χ2v) is 6.89. The van der Waals surface area contributed by atoms with Gasteiger partial charge in [0.15, 0.2) is 0 Å². The van der Waals surface area contributed by atoms with E-state index >= 15 is 0 Å². The molecule has 2 saturated carbocycles. The van der Waals surface area contributed by atoms with E-state index in [0.29, 0.717) is 11.8 Å². The molecule has 1 aromatic rings. The van der Waals surface area contributed by atoms with Crippen molar-refractivity contribution >= 4 is 11.6 Å². The van der Waals surface area contributed by atoms with E-state index in [9.17, 15) is 19.7 Å². The van der Waals surface area contributed by atoms with E-state index in [1.54, 1.807) is 0 Å². The Morgan fingerprint density at radius 1 is 1.33 bits per heavy atom. The van der Waals surface area contributed by atoms with Crippen LogP contribution in [0.2, 0.25) is 0 Å². The molecular weight excluding hydrogens is 312 g/mol. The number of amides is 1. The van der Waals surface area contributed by atoms with Gasteiger partial charge in [-0.2, -0.15) is 0 Å². The predicted molar refractivity (Wildman–Crippen MR) is 87.3 cm³/mol. The van der Waals surface area contributed by atoms with Crippen LogP contribution in [0.3, 0.4) is 0 Å². The Morgan fingerprint density at radius 3 is 2.62 bits per heavy atom. The Bertz CT molecular complexity index is 688. The number of nitrogens with zero attached hydrogens (tertiary/aromatic N) is 2. The maximum Gasteiger partial charge on any atom is 0.285 e. The number of carbonyl (C=O) groups excluding carboxylic acids is 1. The van der Waals surface area contributed by atoms with Crippen molar-refractivity contribution in [2.24, 2.45) is 17.6 Å². The zero-order chi connectivity index (χ0) is 17.3. The molecule has 0 aliphatic heterocycles. The van der Waals surface area contributed by atoms with Crippen LogP contribution in [-0.4, -0.2) is 27.5 Å². The second kappa shape index (κ2) is 6.72. The Hall–Kier alpha value is -2.22. The van der Waals surface area contributed by atoms with Gasteiger partial charge in [0.05, 0.1) is 11.1 Å². The van der Waals surface area contributed by atoms with Crippen molar-refractivity contribution in [3.63, 3.8) is 0 Å². The van der Waals surface area contributed by atoms with Gasteiger partial charge in [0.1, 0.15) is 6.54 Å². The van der Waals surface area contributed by atoms with E-state index in [4.69, 9.17) is 5.73 Å². The highest BCUT2D eigenvalue weighted by atomic mass is 16.6. The lowest BCUT2D eigenvalue weighted by atomic mass is 9.67. The highest BCUT2D eigenvalue weighted by Crippen LogP contribution is 2.39. The molecule has 2 atom stereocenters. The number of hydrogen-bond donors (Lipinski definition) is 2. The molecule has 0 spiro atoms. The number of aromatic nitrogens is 1. The number of nitro groups is 1. The molecule has 0 radical (unpaired) electrons. The molecule has 24 heavy (non-hydrogen) atoms. The molecule has 2 bridgehead atoms. The summed E-state index contributed by atoms with van der Waals surface area (Å²) in [6.07, 6.45) is 6.23. The van der Waals surface area contributed by atoms with Gasteiger partial charge in [0.25, 0.3) is 11.2 Å². The van der Waals surface area contributed by atoms with Gasteiger partial charge >= 0.3 is 0 Å². The molecule has 2 fully saturated rings. The number of carbonyl (C=O) groups is 1. The number of pyridine rings is 1. The molecule has 0 saturated heterocycles. The maximum atomic E-state index is 12.4. The van der Waals surface area contributed by atoms with Crippen LogP contribution in [0.1, 0.15) is 32.1 Å². The molecule has 2 aliphatic carbocycles. The summed E-state index contributed by atoms with van der Waals surface area (Å²) in [6, 6.07) is 2.55. The summed E-state index contributed by atoms with van der Waals surface area (Å²) in [7, 11) is 0. The summed E-state index contributed by atoms with van der Waals surface area (Å²) >= 11 is 0. The lowest BCUT2D eigenvalue weighted by molar-refractivity contribution is -0.385. The van der Waals surface area contributed by atoms with Gasteiger partial charge in [-0.1, -0.05) is 6.42 Å². The number of hydrogen-bond acceptors (Lipinski definition) is 5. The number of fused-ring (bicyclic) bond motifs is 2. The zero-order valence-electron chi connectivity index (χ0n) is 13.4. The zero-order valence-corrected chi connectivity index (χ0v) is 13.4. The van der Waals surface area contributed by atoms with Gasteiger partial charge in [-0.25, -0.2) is 0 Å². The third-order valence-electron chi connectivity index (χ3n) is 5.20. The maximum absolute atomic E-state index is 12.4. The number of nitrogens with one attached hydrogen (secondary N) is 1. The summed E-state index contributed by atoms with van der Waals surface area (Å²) in [5.41, 5.74) is 5.45. The molecule has 1 amide bonds. The first kappa shape index (κ1) is 16.6. The van der Waals surface area contributed by atoms with Crippen LogP contribution in [0.15, 0.2) is 23.1 Å². The van der Waals surface area contributed by atoms with E-state index < -0.39 is 10.5 Å². The molecule has 130 valence electrons. The van der Waals surface area contributed by atoms with Crippen molar-refractivity contribution in [3.05, 3.63) is 38.8 Å². The van der Waals surface area contributed by atoms with Crippen molar-refractivity contribution in [2.45, 2.75) is 50.7 Å². The van der Waals surface area contributed by atoms with E-state index in [-0.39, 0.29) is 30.2 Å². The van der Waals surface area contributed by atoms with Crippen molar-refractivity contribution in [2.75, 3.05) is 0 Å². The summed E-state index contributed by atoms with van der Waals surface area (Å²) in [4.78, 5) is 34.4. The second-order valence-electron chi connectivity index (χ2n) is 6.89. The Kier molecular flexibility index (Phi) is 4.66. The first-order valence-electron chi connectivity index (χ1n) is 8.34. The normalized spacial score (nSPS) is 29.0. The Morgan fingerprint density at radius 2 is 2.00 bits per heavy atom. The smallest absolute Gasteiger partial charge is 0.285 e. The monoisotopic (exact) mass is 334 g/mol. The summed E-state index contributed by atoms with van der Waals surface area (Å²) in [6.45, 7) is -0.206. The standard InChI is InChI=1S/C16H22N4O4/c17-12-6-10-2-1-3-11(7-12)16(10)18-14(21)9-19-8-13(20(23)24)4-5-15(19)22/h4-5,8,10-12,16H,1-3,6-7,9,17H2,(H,18,21). The highest BCUT2D eigenvalue weighted by molar-refractivity contribution is 5.76. The van der Waals surface area contributed by atoms with E-state index in [2.05, 4.69) is 5.32 Å². The van der Waals surface area contributed by atoms with Crippen LogP contribution >= 0.6 is 0 Å². The first-order valence-corrected chi connectivity index (χ1v) is 8.34. The van der Waals surface area contributed by atoms with Crippen LogP contribution in [0.25, 0.3) is 0 Å². The van der Waals surface area contributed by atoms with E-state index in [1.807, 2.05) is 0 Å². The fourth-order valence-corrected chi connectivity index (χ4v) is 4.16. The van der Waals surface area contributed by atoms with Crippen molar-refractivity contribution in [3.8, 4) is 0 Å². The minimum absolute atomic E-state index is 0.0976. The van der Waals surface area contributed by atoms with Crippen molar-refractivity contribution < 1.29 is 9.72 Å². The first-order chi connectivity index (χ1) is 11.4. The van der Waals surface area contributed by atoms with E-state index in [0.717, 1.165) is 48.6 Å². The lowest BCUT2D eigenvalue weighted by Crippen LogP contribution is -2.54. The third kappa shape index (κ3) is 3.48. The third-order valence-corrected chi connectivity index (χ3v) is 5.20. The minimum atomic E-state index is -0.583. The molecule has 8 nitrogen and oxygen atoms in total. The van der Waals surface area contributed by atoms with Gasteiger partial charge in [0, 0.05) is 24.2 Å². The molecule has 3 N–H and O–H groups in total. The average Bonchev–Trinajstić information content (AvgIpc) is 2.50. The molecule has 3 rings (SSSR count). The van der Waals surface area contributed by atoms with Gasteiger partial charge in [0.2, 0.25) is 5.91 Å². The summed E-state index contributed by atoms with van der Waals surface area (Å²) in [5, 5.41) is 13.8. The Labute approximate surface area is 139 Å². The van der Waals surface area contributed by atoms with Gasteiger partial charge < -0.3 is 11.1 Å². The molecule has 0 aromatic carbocycles. The summed E-state index contributed by atoms with van der Waals surface area (Å²) < 4.78 is 1.08. The molecular formula is C16H22N4O4. The quantitative estimate of drug-likeness (QED) is 0.622. The Balaban J connectivity index is 1.69. The van der Waals surface area contributed by atoms with Gasteiger partial charge in [-0.15, -0.1) is 0 Å². The van der Waals surface area contributed by atoms with Crippen molar-refractivity contribution in [1.82, 2.24) is 9.88 Å². The SMILES string of the molecule is NC1CC2CCCC(C1)C2NC(=O)Cn1cc([N+](=O)[O-])ccc1=O. The lowest BCUT2D eigenvalue weighted by Gasteiger charge is -2.45. The van der Waals surface area contributed by atoms with Gasteiger partial charge in [-0.05, 0) is 37.5 Å². The van der Waals surface area contributed by atoms with Crippen LogP contribution in [0, 0.1) is 22.0 Å². The van der Waals surface area contributed by atoms with Crippen LogP contribution in [-0.2, 0) is 11.3 Å². The highest BCUT2D eigenvalue weighted by Gasteiger charge is 2.39. The number of nitrogens with two attached hydrogens (primary N) is 1. The molecule has 2 aliphatic rings. The predicted octanol–water partition coefficient (Wildman–Crippen LogP) is 0.779. The van der Waals surface area contributed by atoms with Crippen LogP contribution in [0.4, 0.5) is 5.69 Å². The number of rotatable bonds is 4. The topological polar surface area (TPSA) is 120 Å².